The van der Waals surface area contributed by atoms with E-state index >= 15 is 0 Å². The minimum atomic E-state index is -0.749. The molecule has 0 spiro atoms. The molecule has 0 aliphatic rings. The monoisotopic (exact) mass is 382 g/mol. The first-order valence-electron chi connectivity index (χ1n) is 6.14. The Kier molecular flexibility index (Phi) is 4.97. The highest BCUT2D eigenvalue weighted by atomic mass is 127. The molecule has 0 aliphatic heterocycles. The van der Waals surface area contributed by atoms with Crippen molar-refractivity contribution >= 4 is 34.2 Å². The normalized spacial score (nSPS) is 11.9. The van der Waals surface area contributed by atoms with Crippen LogP contribution >= 0.6 is 22.6 Å². The third-order valence-electron chi connectivity index (χ3n) is 2.90. The Hall–Kier alpha value is -1.60. The molecule has 20 heavy (non-hydrogen) atoms. The van der Waals surface area contributed by atoms with E-state index in [1.54, 1.807) is 30.3 Å². The van der Waals surface area contributed by atoms with E-state index in [0.29, 0.717) is 11.3 Å². The van der Waals surface area contributed by atoms with Crippen LogP contribution in [0.25, 0.3) is 0 Å². The highest BCUT2D eigenvalue weighted by Crippen LogP contribution is 2.15. The number of benzene rings is 2. The molecule has 0 radical (unpaired) electrons. The second kappa shape index (κ2) is 6.71. The van der Waals surface area contributed by atoms with Gasteiger partial charge in [-0.05, 0) is 52.4 Å². The quantitative estimate of drug-likeness (QED) is 0.561. The maximum absolute atomic E-state index is 12.0. The number of anilines is 1. The lowest BCUT2D eigenvalue weighted by molar-refractivity contribution is 0.0915. The summed E-state index contributed by atoms with van der Waals surface area (Å²) in [4.78, 5) is 12.0. The lowest BCUT2D eigenvalue weighted by Gasteiger charge is -2.13. The SMILES string of the molecule is Nc1ccc(C(O)CNC(=O)c2ccccc2I)cc1. The number of nitrogens with two attached hydrogens (primary N) is 1. The number of halogens is 1. The van der Waals surface area contributed by atoms with Gasteiger partial charge in [0, 0.05) is 15.8 Å². The topological polar surface area (TPSA) is 75.3 Å². The highest BCUT2D eigenvalue weighted by Gasteiger charge is 2.12. The molecular weight excluding hydrogens is 367 g/mol. The molecule has 0 bridgehead atoms. The number of rotatable bonds is 4. The molecule has 4 N–H and O–H groups in total. The number of amides is 1. The van der Waals surface area contributed by atoms with Gasteiger partial charge in [-0.1, -0.05) is 24.3 Å². The molecular formula is C15H15IN2O2. The summed E-state index contributed by atoms with van der Waals surface area (Å²) in [5.74, 6) is -0.190. The molecule has 0 saturated heterocycles. The molecule has 0 aliphatic carbocycles. The third-order valence-corrected chi connectivity index (χ3v) is 3.84. The smallest absolute Gasteiger partial charge is 0.252 e. The number of carbonyl (C=O) groups excluding carboxylic acids is 1. The van der Waals surface area contributed by atoms with Crippen molar-refractivity contribution in [2.24, 2.45) is 0 Å². The molecule has 1 atom stereocenters. The predicted molar refractivity (Wildman–Crippen MR) is 87.3 cm³/mol. The van der Waals surface area contributed by atoms with Crippen LogP contribution in [0.3, 0.4) is 0 Å². The van der Waals surface area contributed by atoms with E-state index in [9.17, 15) is 9.90 Å². The number of carbonyl (C=O) groups is 1. The van der Waals surface area contributed by atoms with Crippen molar-refractivity contribution in [3.05, 3.63) is 63.2 Å². The van der Waals surface area contributed by atoms with Crippen molar-refractivity contribution in [2.75, 3.05) is 12.3 Å². The van der Waals surface area contributed by atoms with Gasteiger partial charge in [0.25, 0.3) is 5.91 Å². The average molecular weight is 382 g/mol. The zero-order valence-corrected chi connectivity index (χ0v) is 12.9. The van der Waals surface area contributed by atoms with Gasteiger partial charge in [-0.3, -0.25) is 4.79 Å². The van der Waals surface area contributed by atoms with Gasteiger partial charge in [0.05, 0.1) is 11.7 Å². The van der Waals surface area contributed by atoms with Crippen LogP contribution in [0.15, 0.2) is 48.5 Å². The van der Waals surface area contributed by atoms with Gasteiger partial charge in [0.1, 0.15) is 0 Å². The zero-order chi connectivity index (χ0) is 14.5. The van der Waals surface area contributed by atoms with Crippen molar-refractivity contribution in [3.63, 3.8) is 0 Å². The molecule has 2 rings (SSSR count). The van der Waals surface area contributed by atoms with Crippen molar-refractivity contribution in [2.45, 2.75) is 6.10 Å². The van der Waals surface area contributed by atoms with Crippen LogP contribution in [-0.4, -0.2) is 17.6 Å². The maximum Gasteiger partial charge on any atom is 0.252 e. The number of nitrogen functional groups attached to an aromatic ring is 1. The summed E-state index contributed by atoms with van der Waals surface area (Å²) in [6.45, 7) is 0.160. The van der Waals surface area contributed by atoms with Crippen molar-refractivity contribution in [3.8, 4) is 0 Å². The van der Waals surface area contributed by atoms with E-state index in [0.717, 1.165) is 9.13 Å². The Morgan fingerprint density at radius 2 is 1.85 bits per heavy atom. The summed E-state index contributed by atoms with van der Waals surface area (Å²) < 4.78 is 0.879. The van der Waals surface area contributed by atoms with Crippen LogP contribution < -0.4 is 11.1 Å². The second-order valence-electron chi connectivity index (χ2n) is 4.37. The number of aliphatic hydroxyl groups excluding tert-OH is 1. The van der Waals surface area contributed by atoms with E-state index in [2.05, 4.69) is 27.9 Å². The van der Waals surface area contributed by atoms with Crippen LogP contribution in [0.4, 0.5) is 5.69 Å². The third kappa shape index (κ3) is 3.71. The van der Waals surface area contributed by atoms with Crippen LogP contribution in [0.5, 0.6) is 0 Å². The van der Waals surface area contributed by atoms with Gasteiger partial charge < -0.3 is 16.2 Å². The van der Waals surface area contributed by atoms with Gasteiger partial charge in [-0.25, -0.2) is 0 Å². The highest BCUT2D eigenvalue weighted by molar-refractivity contribution is 14.1. The fraction of sp³-hybridized carbons (Fsp3) is 0.133. The summed E-state index contributed by atoms with van der Waals surface area (Å²) in [6, 6.07) is 14.3. The molecule has 0 aromatic heterocycles. The van der Waals surface area contributed by atoms with E-state index in [-0.39, 0.29) is 12.5 Å². The Labute approximate surface area is 131 Å². The minimum absolute atomic E-state index is 0.160. The number of hydrogen-bond acceptors (Lipinski definition) is 3. The van der Waals surface area contributed by atoms with Gasteiger partial charge in [0.2, 0.25) is 0 Å². The minimum Gasteiger partial charge on any atom is -0.399 e. The molecule has 4 nitrogen and oxygen atoms in total. The standard InChI is InChI=1S/C15H15IN2O2/c16-13-4-2-1-3-12(13)15(20)18-9-14(19)10-5-7-11(17)8-6-10/h1-8,14,19H,9,17H2,(H,18,20). The Balaban J connectivity index is 1.97. The second-order valence-corrected chi connectivity index (χ2v) is 5.53. The average Bonchev–Trinajstić information content (AvgIpc) is 2.45. The molecule has 0 saturated carbocycles. The molecule has 0 heterocycles. The summed E-state index contributed by atoms with van der Waals surface area (Å²) >= 11 is 2.11. The van der Waals surface area contributed by atoms with Gasteiger partial charge in [0.15, 0.2) is 0 Å². The van der Waals surface area contributed by atoms with Gasteiger partial charge in [-0.2, -0.15) is 0 Å². The summed E-state index contributed by atoms with van der Waals surface area (Å²) in [5, 5.41) is 12.7. The van der Waals surface area contributed by atoms with Crippen LogP contribution in [0.1, 0.15) is 22.0 Å². The number of aliphatic hydroxyl groups is 1. The lowest BCUT2D eigenvalue weighted by atomic mass is 10.1. The molecule has 2 aromatic rings. The first-order chi connectivity index (χ1) is 9.58. The molecule has 1 unspecified atom stereocenters. The van der Waals surface area contributed by atoms with Crippen molar-refractivity contribution in [1.82, 2.24) is 5.32 Å². The fourth-order valence-corrected chi connectivity index (χ4v) is 2.40. The first kappa shape index (κ1) is 14.8. The Morgan fingerprint density at radius 1 is 1.20 bits per heavy atom. The van der Waals surface area contributed by atoms with Crippen LogP contribution in [0, 0.1) is 3.57 Å². The van der Waals surface area contributed by atoms with E-state index in [1.165, 1.54) is 0 Å². The molecule has 2 aromatic carbocycles. The molecule has 104 valence electrons. The molecule has 0 fully saturated rings. The lowest BCUT2D eigenvalue weighted by Crippen LogP contribution is -2.28. The van der Waals surface area contributed by atoms with E-state index in [1.807, 2.05) is 18.2 Å². The molecule has 5 heteroatoms. The Morgan fingerprint density at radius 3 is 2.50 bits per heavy atom. The van der Waals surface area contributed by atoms with Crippen molar-refractivity contribution in [1.29, 1.82) is 0 Å². The van der Waals surface area contributed by atoms with Crippen LogP contribution in [-0.2, 0) is 0 Å². The summed E-state index contributed by atoms with van der Waals surface area (Å²) in [5.41, 5.74) is 7.57. The van der Waals surface area contributed by atoms with E-state index < -0.39 is 6.10 Å². The summed E-state index contributed by atoms with van der Waals surface area (Å²) in [6.07, 6.45) is -0.749. The molecule has 1 amide bonds. The predicted octanol–water partition coefficient (Wildman–Crippen LogP) is 2.34. The summed E-state index contributed by atoms with van der Waals surface area (Å²) in [7, 11) is 0. The van der Waals surface area contributed by atoms with Crippen LogP contribution in [0.2, 0.25) is 0 Å². The van der Waals surface area contributed by atoms with Crippen molar-refractivity contribution < 1.29 is 9.90 Å². The Bertz CT molecular complexity index is 599. The first-order valence-corrected chi connectivity index (χ1v) is 7.22. The zero-order valence-electron chi connectivity index (χ0n) is 10.7. The van der Waals surface area contributed by atoms with Gasteiger partial charge in [-0.15, -0.1) is 0 Å². The maximum atomic E-state index is 12.0. The largest absolute Gasteiger partial charge is 0.399 e. The fourth-order valence-electron chi connectivity index (χ4n) is 1.77. The number of hydrogen-bond donors (Lipinski definition) is 3. The number of nitrogens with one attached hydrogen (secondary N) is 1. The van der Waals surface area contributed by atoms with Gasteiger partial charge >= 0.3 is 0 Å². The van der Waals surface area contributed by atoms with E-state index in [4.69, 9.17) is 5.73 Å².